The van der Waals surface area contributed by atoms with Crippen LogP contribution in [0, 0.1) is 17.0 Å². The summed E-state index contributed by atoms with van der Waals surface area (Å²) in [5, 5.41) is 18.3. The first kappa shape index (κ1) is 13.4. The number of para-hydroxylation sites is 1. The third-order valence-corrected chi connectivity index (χ3v) is 4.72. The predicted molar refractivity (Wildman–Crippen MR) is 79.1 cm³/mol. The van der Waals surface area contributed by atoms with Gasteiger partial charge in [0, 0.05) is 17.1 Å². The number of piperidine rings is 1. The molecule has 1 aromatic carbocycles. The molecule has 108 valence electrons. The van der Waals surface area contributed by atoms with Crippen molar-refractivity contribution in [1.82, 2.24) is 5.32 Å². The van der Waals surface area contributed by atoms with Gasteiger partial charge in [-0.25, -0.2) is 0 Å². The summed E-state index contributed by atoms with van der Waals surface area (Å²) in [6, 6.07) is 5.82. The van der Waals surface area contributed by atoms with Gasteiger partial charge in [-0.1, -0.05) is 12.1 Å². The third-order valence-electron chi connectivity index (χ3n) is 4.72. The Balaban J connectivity index is 1.77. The largest absolute Gasteiger partial charge is 0.377 e. The van der Waals surface area contributed by atoms with Crippen LogP contribution in [0.3, 0.4) is 0 Å². The molecular formula is C15H21N3O2. The summed E-state index contributed by atoms with van der Waals surface area (Å²) in [4.78, 5) is 11.0. The molecule has 1 saturated carbocycles. The fourth-order valence-corrected chi connectivity index (χ4v) is 3.50. The first-order valence-corrected chi connectivity index (χ1v) is 7.35. The summed E-state index contributed by atoms with van der Waals surface area (Å²) < 4.78 is 0. The number of nitro groups is 1. The van der Waals surface area contributed by atoms with E-state index in [1.54, 1.807) is 13.0 Å². The van der Waals surface area contributed by atoms with Gasteiger partial charge in [0.2, 0.25) is 0 Å². The summed E-state index contributed by atoms with van der Waals surface area (Å²) in [6.45, 7) is 2.79. The third kappa shape index (κ3) is 2.38. The van der Waals surface area contributed by atoms with Crippen molar-refractivity contribution in [2.45, 2.75) is 50.6 Å². The maximum absolute atomic E-state index is 11.2. The molecule has 0 amide bonds. The zero-order chi connectivity index (χ0) is 14.2. The van der Waals surface area contributed by atoms with Crippen LogP contribution in [-0.4, -0.2) is 23.0 Å². The Kier molecular flexibility index (Phi) is 3.38. The molecule has 1 spiro atoms. The number of nitrogens with one attached hydrogen (secondary N) is 2. The van der Waals surface area contributed by atoms with Crippen LogP contribution < -0.4 is 10.6 Å². The van der Waals surface area contributed by atoms with Crippen molar-refractivity contribution >= 4 is 11.4 Å². The zero-order valence-electron chi connectivity index (χ0n) is 11.8. The standard InChI is InChI=1S/C15H21N3O2/c1-11-4-2-5-13(14(11)18(19)20)17-12-6-9-16-15(10-12)7-3-8-15/h2,4-5,12,16-17H,3,6-10H2,1H3. The van der Waals surface area contributed by atoms with Crippen molar-refractivity contribution in [3.63, 3.8) is 0 Å². The van der Waals surface area contributed by atoms with Crippen molar-refractivity contribution < 1.29 is 4.92 Å². The highest BCUT2D eigenvalue weighted by atomic mass is 16.6. The molecule has 2 N–H and O–H groups in total. The van der Waals surface area contributed by atoms with E-state index in [4.69, 9.17) is 0 Å². The Bertz CT molecular complexity index is 526. The second-order valence-corrected chi connectivity index (χ2v) is 6.12. The SMILES string of the molecule is Cc1cccc(NC2CCNC3(CCC3)C2)c1[N+](=O)[O-]. The van der Waals surface area contributed by atoms with Crippen molar-refractivity contribution in [1.29, 1.82) is 0 Å². The number of anilines is 1. The van der Waals surface area contributed by atoms with E-state index in [2.05, 4.69) is 10.6 Å². The lowest BCUT2D eigenvalue weighted by Crippen LogP contribution is -2.58. The van der Waals surface area contributed by atoms with E-state index >= 15 is 0 Å². The minimum Gasteiger partial charge on any atom is -0.377 e. The van der Waals surface area contributed by atoms with Gasteiger partial charge >= 0.3 is 0 Å². The molecule has 1 atom stereocenters. The average molecular weight is 275 g/mol. The highest BCUT2D eigenvalue weighted by Crippen LogP contribution is 2.39. The van der Waals surface area contributed by atoms with Crippen LogP contribution in [0.25, 0.3) is 0 Å². The number of nitrogens with zero attached hydrogens (tertiary/aromatic N) is 1. The molecule has 5 heteroatoms. The topological polar surface area (TPSA) is 67.2 Å². The number of nitro benzene ring substituents is 1. The molecule has 2 aliphatic rings. The molecule has 20 heavy (non-hydrogen) atoms. The summed E-state index contributed by atoms with van der Waals surface area (Å²) >= 11 is 0. The maximum Gasteiger partial charge on any atom is 0.295 e. The van der Waals surface area contributed by atoms with E-state index in [1.165, 1.54) is 19.3 Å². The normalized spacial score (nSPS) is 24.1. The van der Waals surface area contributed by atoms with Crippen LogP contribution in [0.2, 0.25) is 0 Å². The Morgan fingerprint density at radius 3 is 2.90 bits per heavy atom. The number of rotatable bonds is 3. The van der Waals surface area contributed by atoms with Gasteiger partial charge in [-0.3, -0.25) is 10.1 Å². The molecule has 1 unspecified atom stereocenters. The Morgan fingerprint density at radius 2 is 2.25 bits per heavy atom. The van der Waals surface area contributed by atoms with Gasteiger partial charge in [-0.2, -0.15) is 0 Å². The van der Waals surface area contributed by atoms with Gasteiger partial charge in [0.15, 0.2) is 0 Å². The summed E-state index contributed by atoms with van der Waals surface area (Å²) in [5.41, 5.74) is 1.89. The molecule has 3 rings (SSSR count). The van der Waals surface area contributed by atoms with E-state index in [9.17, 15) is 10.1 Å². The van der Waals surface area contributed by atoms with Crippen LogP contribution in [0.5, 0.6) is 0 Å². The molecule has 2 fully saturated rings. The van der Waals surface area contributed by atoms with Crippen LogP contribution in [0.15, 0.2) is 18.2 Å². The highest BCUT2D eigenvalue weighted by Gasteiger charge is 2.41. The monoisotopic (exact) mass is 275 g/mol. The second-order valence-electron chi connectivity index (χ2n) is 6.12. The Hall–Kier alpha value is -1.62. The molecule has 1 aromatic rings. The van der Waals surface area contributed by atoms with Crippen molar-refractivity contribution in [3.05, 3.63) is 33.9 Å². The smallest absolute Gasteiger partial charge is 0.295 e. The van der Waals surface area contributed by atoms with E-state index < -0.39 is 0 Å². The molecule has 1 aliphatic carbocycles. The summed E-state index contributed by atoms with van der Waals surface area (Å²) in [6.07, 6.45) is 5.86. The summed E-state index contributed by atoms with van der Waals surface area (Å²) in [7, 11) is 0. The fourth-order valence-electron chi connectivity index (χ4n) is 3.50. The van der Waals surface area contributed by atoms with Crippen LogP contribution >= 0.6 is 0 Å². The molecule has 1 saturated heterocycles. The average Bonchev–Trinajstić information content (AvgIpc) is 2.37. The second kappa shape index (κ2) is 5.05. The molecule has 0 radical (unpaired) electrons. The quantitative estimate of drug-likeness (QED) is 0.657. The first-order valence-electron chi connectivity index (χ1n) is 7.35. The first-order chi connectivity index (χ1) is 9.60. The fraction of sp³-hybridized carbons (Fsp3) is 0.600. The number of hydrogen-bond acceptors (Lipinski definition) is 4. The van der Waals surface area contributed by atoms with Crippen LogP contribution in [0.4, 0.5) is 11.4 Å². The van der Waals surface area contributed by atoms with Gasteiger partial charge in [-0.05, 0) is 51.6 Å². The number of aryl methyl sites for hydroxylation is 1. The van der Waals surface area contributed by atoms with E-state index in [0.717, 1.165) is 19.4 Å². The minimum atomic E-state index is -0.280. The lowest BCUT2D eigenvalue weighted by Gasteiger charge is -2.48. The molecule has 0 aromatic heterocycles. The van der Waals surface area contributed by atoms with Gasteiger partial charge in [0.25, 0.3) is 5.69 Å². The number of hydrogen-bond donors (Lipinski definition) is 2. The molecule has 0 bridgehead atoms. The van der Waals surface area contributed by atoms with E-state index in [-0.39, 0.29) is 10.6 Å². The maximum atomic E-state index is 11.2. The lowest BCUT2D eigenvalue weighted by molar-refractivity contribution is -0.384. The van der Waals surface area contributed by atoms with Gasteiger partial charge < -0.3 is 10.6 Å². The highest BCUT2D eigenvalue weighted by molar-refractivity contribution is 5.65. The molecule has 1 aliphatic heterocycles. The van der Waals surface area contributed by atoms with Crippen LogP contribution in [0.1, 0.15) is 37.7 Å². The lowest BCUT2D eigenvalue weighted by atomic mass is 9.70. The molecule has 1 heterocycles. The Morgan fingerprint density at radius 1 is 1.45 bits per heavy atom. The van der Waals surface area contributed by atoms with Crippen molar-refractivity contribution in [2.24, 2.45) is 0 Å². The molecule has 5 nitrogen and oxygen atoms in total. The summed E-state index contributed by atoms with van der Waals surface area (Å²) in [5.74, 6) is 0. The van der Waals surface area contributed by atoms with Gasteiger partial charge in [-0.15, -0.1) is 0 Å². The van der Waals surface area contributed by atoms with Gasteiger partial charge in [0.05, 0.1) is 4.92 Å². The number of benzene rings is 1. The molecular weight excluding hydrogens is 254 g/mol. The minimum absolute atomic E-state index is 0.216. The van der Waals surface area contributed by atoms with Crippen LogP contribution in [-0.2, 0) is 0 Å². The van der Waals surface area contributed by atoms with Crippen molar-refractivity contribution in [3.8, 4) is 0 Å². The van der Waals surface area contributed by atoms with Crippen molar-refractivity contribution in [2.75, 3.05) is 11.9 Å². The van der Waals surface area contributed by atoms with E-state index in [0.29, 0.717) is 22.8 Å². The van der Waals surface area contributed by atoms with E-state index in [1.807, 2.05) is 12.1 Å². The van der Waals surface area contributed by atoms with Gasteiger partial charge in [0.1, 0.15) is 5.69 Å². The predicted octanol–water partition coefficient (Wildman–Crippen LogP) is 2.99. The Labute approximate surface area is 118 Å². The zero-order valence-corrected chi connectivity index (χ0v) is 11.8.